The molecule has 1 atom stereocenters. The van der Waals surface area contributed by atoms with E-state index in [0.29, 0.717) is 0 Å². The molecule has 2 amide bonds. The van der Waals surface area contributed by atoms with Crippen LogP contribution in [-0.2, 0) is 19.1 Å². The zero-order valence-electron chi connectivity index (χ0n) is 18.1. The fraction of sp³-hybridized carbons (Fsp3) is 0.560. The van der Waals surface area contributed by atoms with Gasteiger partial charge in [-0.05, 0) is 80.3 Å². The van der Waals surface area contributed by atoms with Crippen LogP contribution in [0.5, 0.6) is 0 Å². The van der Waals surface area contributed by atoms with Gasteiger partial charge in [-0.1, -0.05) is 30.3 Å². The minimum absolute atomic E-state index is 0.0925. The monoisotopic (exact) mass is 424 g/mol. The summed E-state index contributed by atoms with van der Waals surface area (Å²) in [5, 5.41) is 5.56. The number of carbonyl (C=O) groups excluding carboxylic acids is 3. The number of carbonyl (C=O) groups is 3. The molecule has 5 rings (SSSR count). The van der Waals surface area contributed by atoms with Gasteiger partial charge in [0.2, 0.25) is 5.91 Å². The second-order valence-corrected chi connectivity index (χ2v) is 9.69. The number of amides is 2. The normalized spacial score (nSPS) is 29.5. The third-order valence-electron chi connectivity index (χ3n) is 7.38. The maximum absolute atomic E-state index is 12.4. The highest BCUT2D eigenvalue weighted by atomic mass is 16.5. The van der Waals surface area contributed by atoms with Gasteiger partial charge in [-0.15, -0.1) is 0 Å². The zero-order chi connectivity index (χ0) is 21.8. The third-order valence-corrected chi connectivity index (χ3v) is 7.38. The Balaban J connectivity index is 1.16. The molecule has 31 heavy (non-hydrogen) atoms. The van der Waals surface area contributed by atoms with E-state index in [1.165, 1.54) is 44.6 Å². The summed E-state index contributed by atoms with van der Waals surface area (Å²) in [7, 11) is 0. The SMILES string of the molecule is C[C@@H](NC(=O)COC(=O)CNC(=O)/C=C/c1ccccc1)C12CC3CC(CC(C3)C1)C2. The van der Waals surface area contributed by atoms with Gasteiger partial charge in [0.1, 0.15) is 6.54 Å². The van der Waals surface area contributed by atoms with Gasteiger partial charge in [0.15, 0.2) is 6.61 Å². The van der Waals surface area contributed by atoms with Crippen molar-refractivity contribution in [2.24, 2.45) is 23.2 Å². The molecular formula is C25H32N2O4. The van der Waals surface area contributed by atoms with Crippen LogP contribution in [0.1, 0.15) is 51.0 Å². The Morgan fingerprint density at radius 2 is 1.68 bits per heavy atom. The van der Waals surface area contributed by atoms with Gasteiger partial charge >= 0.3 is 5.97 Å². The second-order valence-electron chi connectivity index (χ2n) is 9.69. The number of esters is 1. The molecule has 1 aromatic carbocycles. The lowest BCUT2D eigenvalue weighted by atomic mass is 9.48. The number of hydrogen-bond acceptors (Lipinski definition) is 4. The van der Waals surface area contributed by atoms with Crippen molar-refractivity contribution in [1.29, 1.82) is 0 Å². The van der Waals surface area contributed by atoms with Gasteiger partial charge in [-0.25, -0.2) is 0 Å². The Morgan fingerprint density at radius 3 is 2.29 bits per heavy atom. The number of benzene rings is 1. The molecule has 2 N–H and O–H groups in total. The lowest BCUT2D eigenvalue weighted by Gasteiger charge is -2.59. The van der Waals surface area contributed by atoms with Crippen molar-refractivity contribution >= 4 is 23.9 Å². The molecule has 4 bridgehead atoms. The highest BCUT2D eigenvalue weighted by Gasteiger charge is 2.53. The van der Waals surface area contributed by atoms with E-state index in [9.17, 15) is 14.4 Å². The Labute approximate surface area is 183 Å². The predicted octanol–water partition coefficient (Wildman–Crippen LogP) is 3.08. The first kappa shape index (κ1) is 21.6. The lowest BCUT2D eigenvalue weighted by molar-refractivity contribution is -0.149. The smallest absolute Gasteiger partial charge is 0.325 e. The van der Waals surface area contributed by atoms with E-state index in [1.54, 1.807) is 6.08 Å². The summed E-state index contributed by atoms with van der Waals surface area (Å²) in [4.78, 5) is 36.1. The van der Waals surface area contributed by atoms with Crippen molar-refractivity contribution < 1.29 is 19.1 Å². The molecule has 4 aliphatic carbocycles. The van der Waals surface area contributed by atoms with Crippen molar-refractivity contribution in [1.82, 2.24) is 10.6 Å². The highest BCUT2D eigenvalue weighted by molar-refractivity contribution is 5.93. The van der Waals surface area contributed by atoms with Crippen LogP contribution in [0.3, 0.4) is 0 Å². The van der Waals surface area contributed by atoms with E-state index in [0.717, 1.165) is 23.3 Å². The van der Waals surface area contributed by atoms with Crippen LogP contribution >= 0.6 is 0 Å². The average molecular weight is 425 g/mol. The molecule has 6 nitrogen and oxygen atoms in total. The van der Waals surface area contributed by atoms with Crippen LogP contribution in [-0.4, -0.2) is 37.0 Å². The lowest BCUT2D eigenvalue weighted by Crippen LogP contribution is -2.56. The standard InChI is InChI=1S/C25H32N2O4/c1-17(25-12-19-9-20(13-25)11-21(10-19)14-25)27-23(29)16-31-24(30)15-26-22(28)8-7-18-5-3-2-4-6-18/h2-8,17,19-21H,9-16H2,1H3,(H,26,28)(H,27,29)/b8-7+/t17-,19?,20?,21?,25?/m1/s1. The summed E-state index contributed by atoms with van der Waals surface area (Å²) in [6.07, 6.45) is 10.8. The van der Waals surface area contributed by atoms with E-state index in [2.05, 4.69) is 17.6 Å². The van der Waals surface area contributed by atoms with Gasteiger partial charge < -0.3 is 15.4 Å². The Kier molecular flexibility index (Phi) is 6.44. The highest BCUT2D eigenvalue weighted by Crippen LogP contribution is 2.61. The Bertz CT molecular complexity index is 813. The summed E-state index contributed by atoms with van der Waals surface area (Å²) in [6, 6.07) is 9.50. The summed E-state index contributed by atoms with van der Waals surface area (Å²) in [6.45, 7) is 1.52. The molecule has 0 spiro atoms. The van der Waals surface area contributed by atoms with Crippen molar-refractivity contribution in [3.05, 3.63) is 42.0 Å². The van der Waals surface area contributed by atoms with Gasteiger partial charge in [0.05, 0.1) is 0 Å². The zero-order valence-corrected chi connectivity index (χ0v) is 18.1. The van der Waals surface area contributed by atoms with Gasteiger partial charge in [-0.3, -0.25) is 14.4 Å². The van der Waals surface area contributed by atoms with Crippen molar-refractivity contribution in [2.75, 3.05) is 13.2 Å². The maximum atomic E-state index is 12.4. The quantitative estimate of drug-likeness (QED) is 0.496. The molecule has 166 valence electrons. The van der Waals surface area contributed by atoms with Gasteiger partial charge in [0.25, 0.3) is 5.91 Å². The van der Waals surface area contributed by atoms with Crippen LogP contribution in [0.2, 0.25) is 0 Å². The van der Waals surface area contributed by atoms with Crippen LogP contribution in [0, 0.1) is 23.2 Å². The molecule has 0 saturated heterocycles. The van der Waals surface area contributed by atoms with E-state index >= 15 is 0 Å². The molecular weight excluding hydrogens is 392 g/mol. The minimum atomic E-state index is -0.626. The molecule has 0 aliphatic heterocycles. The Morgan fingerprint density at radius 1 is 1.06 bits per heavy atom. The van der Waals surface area contributed by atoms with Crippen LogP contribution in [0.15, 0.2) is 36.4 Å². The third kappa shape index (κ3) is 5.35. The molecule has 1 aromatic rings. The van der Waals surface area contributed by atoms with E-state index in [4.69, 9.17) is 4.74 Å². The molecule has 6 heteroatoms. The second kappa shape index (κ2) is 9.25. The summed E-state index contributed by atoms with van der Waals surface area (Å²) >= 11 is 0. The number of nitrogens with one attached hydrogen (secondary N) is 2. The summed E-state index contributed by atoms with van der Waals surface area (Å²) < 4.78 is 5.05. The minimum Gasteiger partial charge on any atom is -0.454 e. The Hall–Kier alpha value is -2.63. The molecule has 4 fully saturated rings. The van der Waals surface area contributed by atoms with E-state index < -0.39 is 5.97 Å². The summed E-state index contributed by atoms with van der Waals surface area (Å²) in [5.74, 6) is 1.18. The average Bonchev–Trinajstić information content (AvgIpc) is 2.74. The van der Waals surface area contributed by atoms with Gasteiger partial charge in [-0.2, -0.15) is 0 Å². The fourth-order valence-corrected chi connectivity index (χ4v) is 6.30. The topological polar surface area (TPSA) is 84.5 Å². The first-order valence-electron chi connectivity index (χ1n) is 11.4. The molecule has 0 unspecified atom stereocenters. The molecule has 0 heterocycles. The van der Waals surface area contributed by atoms with Crippen LogP contribution < -0.4 is 10.6 Å². The summed E-state index contributed by atoms with van der Waals surface area (Å²) in [5.41, 5.74) is 1.11. The largest absolute Gasteiger partial charge is 0.454 e. The fourth-order valence-electron chi connectivity index (χ4n) is 6.30. The number of rotatable bonds is 8. The van der Waals surface area contributed by atoms with Crippen molar-refractivity contribution in [3.63, 3.8) is 0 Å². The molecule has 0 radical (unpaired) electrons. The maximum Gasteiger partial charge on any atom is 0.325 e. The number of ether oxygens (including phenoxy) is 1. The van der Waals surface area contributed by atoms with E-state index in [-0.39, 0.29) is 36.4 Å². The molecule has 0 aromatic heterocycles. The molecule has 4 saturated carbocycles. The van der Waals surface area contributed by atoms with Crippen molar-refractivity contribution in [3.8, 4) is 0 Å². The van der Waals surface area contributed by atoms with Gasteiger partial charge in [0, 0.05) is 12.1 Å². The first-order valence-corrected chi connectivity index (χ1v) is 11.4. The number of hydrogen-bond donors (Lipinski definition) is 2. The van der Waals surface area contributed by atoms with Crippen molar-refractivity contribution in [2.45, 2.75) is 51.5 Å². The van der Waals surface area contributed by atoms with E-state index in [1.807, 2.05) is 30.3 Å². The predicted molar refractivity (Wildman–Crippen MR) is 118 cm³/mol. The van der Waals surface area contributed by atoms with Crippen LogP contribution in [0.4, 0.5) is 0 Å². The van der Waals surface area contributed by atoms with Crippen LogP contribution in [0.25, 0.3) is 6.08 Å². The first-order chi connectivity index (χ1) is 14.9. The molecule has 4 aliphatic rings.